The summed E-state index contributed by atoms with van der Waals surface area (Å²) < 4.78 is 12.5. The molecule has 0 radical (unpaired) electrons. The van der Waals surface area contributed by atoms with Crippen LogP contribution in [0, 0.1) is 6.92 Å². The molecule has 128 valence electrons. The smallest absolute Gasteiger partial charge is 0.344 e. The van der Waals surface area contributed by atoms with Crippen molar-refractivity contribution in [2.24, 2.45) is 7.05 Å². The van der Waals surface area contributed by atoms with E-state index in [0.717, 1.165) is 10.7 Å². The number of ether oxygens (including phenoxy) is 1. The van der Waals surface area contributed by atoms with Crippen LogP contribution in [0.5, 0.6) is 5.75 Å². The zero-order valence-electron chi connectivity index (χ0n) is 13.8. The summed E-state index contributed by atoms with van der Waals surface area (Å²) in [4.78, 5) is 28.5. The van der Waals surface area contributed by atoms with Crippen LogP contribution in [0.25, 0.3) is 0 Å². The van der Waals surface area contributed by atoms with E-state index in [9.17, 15) is 9.59 Å². The second kappa shape index (κ2) is 7.40. The van der Waals surface area contributed by atoms with E-state index >= 15 is 0 Å². The number of imidazole rings is 1. The number of hydrogen-bond acceptors (Lipinski definition) is 6. The minimum Gasteiger partial charge on any atom is -0.464 e. The van der Waals surface area contributed by atoms with E-state index in [4.69, 9.17) is 9.15 Å². The molecule has 6 nitrogen and oxygen atoms in total. The van der Waals surface area contributed by atoms with Crippen molar-refractivity contribution < 1.29 is 13.9 Å². The van der Waals surface area contributed by atoms with Crippen LogP contribution in [-0.4, -0.2) is 15.5 Å². The van der Waals surface area contributed by atoms with E-state index < -0.39 is 11.4 Å². The van der Waals surface area contributed by atoms with Crippen molar-refractivity contribution in [2.45, 2.75) is 17.8 Å². The summed E-state index contributed by atoms with van der Waals surface area (Å²) in [7, 11) is 1.89. The summed E-state index contributed by atoms with van der Waals surface area (Å²) in [5.74, 6) is 0.222. The van der Waals surface area contributed by atoms with Crippen molar-refractivity contribution in [3.8, 4) is 5.75 Å². The van der Waals surface area contributed by atoms with Crippen LogP contribution in [0.2, 0.25) is 0 Å². The molecule has 0 N–H and O–H groups in total. The van der Waals surface area contributed by atoms with E-state index in [1.807, 2.05) is 23.9 Å². The Morgan fingerprint density at radius 3 is 2.84 bits per heavy atom. The van der Waals surface area contributed by atoms with Crippen molar-refractivity contribution in [1.82, 2.24) is 9.55 Å². The minimum atomic E-state index is -0.583. The molecule has 0 aliphatic rings. The zero-order chi connectivity index (χ0) is 17.8. The molecule has 0 atom stereocenters. The fraction of sp³-hybridized carbons (Fsp3) is 0.167. The molecule has 0 unspecified atom stereocenters. The van der Waals surface area contributed by atoms with Crippen molar-refractivity contribution in [3.05, 3.63) is 76.1 Å². The van der Waals surface area contributed by atoms with Gasteiger partial charge in [0.1, 0.15) is 12.0 Å². The Kier molecular flexibility index (Phi) is 5.04. The minimum absolute atomic E-state index is 0.126. The van der Waals surface area contributed by atoms with Gasteiger partial charge in [-0.25, -0.2) is 9.78 Å². The Hall–Kier alpha value is -2.80. The summed E-state index contributed by atoms with van der Waals surface area (Å²) in [6.45, 7) is 1.80. The maximum atomic E-state index is 12.2. The summed E-state index contributed by atoms with van der Waals surface area (Å²) in [6, 6.07) is 8.35. The molecule has 1 aromatic carbocycles. The first kappa shape index (κ1) is 17.0. The summed E-state index contributed by atoms with van der Waals surface area (Å²) in [5, 5.41) is 0.817. The lowest BCUT2D eigenvalue weighted by atomic mass is 10.1. The number of esters is 1. The van der Waals surface area contributed by atoms with Crippen LogP contribution in [-0.2, 0) is 12.8 Å². The van der Waals surface area contributed by atoms with Gasteiger partial charge >= 0.3 is 5.97 Å². The molecule has 25 heavy (non-hydrogen) atoms. The van der Waals surface area contributed by atoms with Crippen LogP contribution in [0.3, 0.4) is 0 Å². The van der Waals surface area contributed by atoms with Gasteiger partial charge in [0.25, 0.3) is 0 Å². The highest BCUT2D eigenvalue weighted by molar-refractivity contribution is 7.98. The molecule has 0 saturated carbocycles. The molecule has 0 bridgehead atoms. The maximum absolute atomic E-state index is 12.2. The van der Waals surface area contributed by atoms with E-state index in [0.29, 0.717) is 17.1 Å². The Labute approximate surface area is 148 Å². The third kappa shape index (κ3) is 4.00. The molecular formula is C18H16N2O4S. The van der Waals surface area contributed by atoms with Gasteiger partial charge in [-0.15, -0.1) is 0 Å². The number of hydrogen-bond donors (Lipinski definition) is 0. The van der Waals surface area contributed by atoms with E-state index in [2.05, 4.69) is 4.98 Å². The first-order valence-corrected chi connectivity index (χ1v) is 8.53. The summed E-state index contributed by atoms with van der Waals surface area (Å²) >= 11 is 1.45. The largest absolute Gasteiger partial charge is 0.464 e. The molecule has 2 aromatic heterocycles. The van der Waals surface area contributed by atoms with Gasteiger partial charge in [-0.2, -0.15) is 0 Å². The van der Waals surface area contributed by atoms with Gasteiger partial charge in [0, 0.05) is 25.5 Å². The van der Waals surface area contributed by atoms with Crippen LogP contribution < -0.4 is 10.2 Å². The Balaban J connectivity index is 1.70. The first-order chi connectivity index (χ1) is 12.0. The summed E-state index contributed by atoms with van der Waals surface area (Å²) in [6.07, 6.45) is 4.71. The Morgan fingerprint density at radius 2 is 2.16 bits per heavy atom. The normalized spacial score (nSPS) is 10.6. The number of nitrogens with zero attached hydrogens (tertiary/aromatic N) is 2. The van der Waals surface area contributed by atoms with Gasteiger partial charge in [-0.05, 0) is 18.6 Å². The first-order valence-electron chi connectivity index (χ1n) is 7.54. The van der Waals surface area contributed by atoms with E-state index in [-0.39, 0.29) is 5.75 Å². The molecule has 3 aromatic rings. The lowest BCUT2D eigenvalue weighted by Gasteiger charge is -2.06. The second-order valence-electron chi connectivity index (χ2n) is 5.39. The molecule has 0 amide bonds. The van der Waals surface area contributed by atoms with Crippen molar-refractivity contribution in [3.63, 3.8) is 0 Å². The van der Waals surface area contributed by atoms with Gasteiger partial charge in [0.15, 0.2) is 5.16 Å². The molecule has 0 fully saturated rings. The fourth-order valence-electron chi connectivity index (χ4n) is 2.17. The van der Waals surface area contributed by atoms with Gasteiger partial charge in [-0.3, -0.25) is 4.79 Å². The molecule has 0 spiro atoms. The quantitative estimate of drug-likeness (QED) is 0.516. The maximum Gasteiger partial charge on any atom is 0.344 e. The highest BCUT2D eigenvalue weighted by atomic mass is 32.2. The standard InChI is InChI=1S/C18H16N2O4S/c1-12-5-3-4-6-14(12)17(22)24-16-10-23-13(9-15(16)21)11-25-18-19-7-8-20(18)2/h3-10H,11H2,1-2H3. The number of carbonyl (C=O) groups excluding carboxylic acids is 1. The van der Waals surface area contributed by atoms with Gasteiger partial charge in [0.05, 0.1) is 11.3 Å². The third-order valence-electron chi connectivity index (χ3n) is 3.54. The Morgan fingerprint density at radius 1 is 1.36 bits per heavy atom. The molecule has 3 rings (SSSR count). The van der Waals surface area contributed by atoms with Crippen LogP contribution in [0.1, 0.15) is 21.7 Å². The highest BCUT2D eigenvalue weighted by Gasteiger charge is 2.14. The molecule has 7 heteroatoms. The fourth-order valence-corrected chi connectivity index (χ4v) is 2.99. The number of aryl methyl sites for hydroxylation is 2. The number of aromatic nitrogens is 2. The average molecular weight is 356 g/mol. The Bertz CT molecular complexity index is 961. The molecule has 2 heterocycles. The van der Waals surface area contributed by atoms with Crippen molar-refractivity contribution in [2.75, 3.05) is 0 Å². The van der Waals surface area contributed by atoms with E-state index in [1.54, 1.807) is 31.3 Å². The van der Waals surface area contributed by atoms with Gasteiger partial charge in [0.2, 0.25) is 11.2 Å². The predicted octanol–water partition coefficient (Wildman–Crippen LogP) is 3.19. The number of rotatable bonds is 5. The predicted molar refractivity (Wildman–Crippen MR) is 93.9 cm³/mol. The number of carbonyl (C=O) groups is 1. The molecule has 0 aliphatic carbocycles. The van der Waals surface area contributed by atoms with Crippen LogP contribution in [0.4, 0.5) is 0 Å². The van der Waals surface area contributed by atoms with Crippen LogP contribution >= 0.6 is 11.8 Å². The topological polar surface area (TPSA) is 74.3 Å². The second-order valence-corrected chi connectivity index (χ2v) is 6.33. The van der Waals surface area contributed by atoms with Gasteiger partial charge < -0.3 is 13.7 Å². The van der Waals surface area contributed by atoms with Gasteiger partial charge in [-0.1, -0.05) is 30.0 Å². The summed E-state index contributed by atoms with van der Waals surface area (Å²) in [5.41, 5.74) is 0.792. The molecule has 0 aliphatic heterocycles. The van der Waals surface area contributed by atoms with Crippen molar-refractivity contribution >= 4 is 17.7 Å². The zero-order valence-corrected chi connectivity index (χ0v) is 14.6. The third-order valence-corrected chi connectivity index (χ3v) is 4.62. The SMILES string of the molecule is Cc1ccccc1C(=O)Oc1coc(CSc2nccn2C)cc1=O. The van der Waals surface area contributed by atoms with Crippen LogP contribution in [0.15, 0.2) is 63.4 Å². The number of thioether (sulfide) groups is 1. The monoisotopic (exact) mass is 356 g/mol. The average Bonchev–Trinajstić information content (AvgIpc) is 3.00. The highest BCUT2D eigenvalue weighted by Crippen LogP contribution is 2.21. The van der Waals surface area contributed by atoms with Crippen molar-refractivity contribution in [1.29, 1.82) is 0 Å². The lowest BCUT2D eigenvalue weighted by Crippen LogP contribution is -2.15. The van der Waals surface area contributed by atoms with E-state index in [1.165, 1.54) is 24.1 Å². The lowest BCUT2D eigenvalue weighted by molar-refractivity contribution is 0.0728. The molecule has 0 saturated heterocycles. The number of benzene rings is 1. The molecular weight excluding hydrogens is 340 g/mol.